The SMILES string of the molecule is C=C(C)C(=O)NC(CCC)CCCCC(C)c1ccccc1. The second-order valence-electron chi connectivity index (χ2n) is 6.34. The molecule has 1 N–H and O–H groups in total. The van der Waals surface area contributed by atoms with E-state index in [0.29, 0.717) is 17.5 Å². The molecule has 122 valence electrons. The molecular formula is C20H31NO. The van der Waals surface area contributed by atoms with Gasteiger partial charge in [0.2, 0.25) is 5.91 Å². The van der Waals surface area contributed by atoms with Gasteiger partial charge >= 0.3 is 0 Å². The van der Waals surface area contributed by atoms with Crippen molar-refractivity contribution < 1.29 is 4.79 Å². The second kappa shape index (κ2) is 10.2. The van der Waals surface area contributed by atoms with Crippen LogP contribution in [-0.2, 0) is 4.79 Å². The van der Waals surface area contributed by atoms with Gasteiger partial charge in [0.05, 0.1) is 0 Å². The Labute approximate surface area is 136 Å². The van der Waals surface area contributed by atoms with Crippen LogP contribution in [0.4, 0.5) is 0 Å². The summed E-state index contributed by atoms with van der Waals surface area (Å²) in [4.78, 5) is 11.7. The molecule has 0 radical (unpaired) electrons. The Kier molecular flexibility index (Phi) is 8.57. The number of nitrogens with one attached hydrogen (secondary N) is 1. The molecule has 0 saturated heterocycles. The van der Waals surface area contributed by atoms with Crippen molar-refractivity contribution in [2.75, 3.05) is 0 Å². The normalized spacial score (nSPS) is 13.4. The number of unbranched alkanes of at least 4 members (excludes halogenated alkanes) is 1. The van der Waals surface area contributed by atoms with Gasteiger partial charge in [-0.15, -0.1) is 0 Å². The summed E-state index contributed by atoms with van der Waals surface area (Å²) in [5.41, 5.74) is 2.02. The molecule has 0 aliphatic rings. The van der Waals surface area contributed by atoms with E-state index < -0.39 is 0 Å². The fraction of sp³-hybridized carbons (Fsp3) is 0.550. The van der Waals surface area contributed by atoms with Crippen molar-refractivity contribution in [2.24, 2.45) is 0 Å². The van der Waals surface area contributed by atoms with Crippen LogP contribution < -0.4 is 5.32 Å². The molecule has 0 bridgehead atoms. The first kappa shape index (κ1) is 18.5. The number of rotatable bonds is 10. The summed E-state index contributed by atoms with van der Waals surface area (Å²) >= 11 is 0. The highest BCUT2D eigenvalue weighted by Crippen LogP contribution is 2.22. The van der Waals surface area contributed by atoms with Crippen LogP contribution in [0.25, 0.3) is 0 Å². The number of hydrogen-bond donors (Lipinski definition) is 1. The highest BCUT2D eigenvalue weighted by Gasteiger charge is 2.12. The third kappa shape index (κ3) is 6.93. The first-order valence-corrected chi connectivity index (χ1v) is 8.55. The Morgan fingerprint density at radius 3 is 2.36 bits per heavy atom. The third-order valence-corrected chi connectivity index (χ3v) is 4.17. The lowest BCUT2D eigenvalue weighted by Crippen LogP contribution is -2.35. The minimum absolute atomic E-state index is 0.00361. The molecule has 1 aromatic carbocycles. The molecule has 0 aliphatic heterocycles. The lowest BCUT2D eigenvalue weighted by molar-refractivity contribution is -0.118. The summed E-state index contributed by atoms with van der Waals surface area (Å²) < 4.78 is 0. The van der Waals surface area contributed by atoms with Gasteiger partial charge in [-0.05, 0) is 37.7 Å². The van der Waals surface area contributed by atoms with Crippen LogP contribution in [0.5, 0.6) is 0 Å². The summed E-state index contributed by atoms with van der Waals surface area (Å²) in [5, 5.41) is 3.10. The summed E-state index contributed by atoms with van der Waals surface area (Å²) in [5.74, 6) is 0.604. The minimum Gasteiger partial charge on any atom is -0.350 e. The predicted molar refractivity (Wildman–Crippen MR) is 95.0 cm³/mol. The molecule has 2 atom stereocenters. The summed E-state index contributed by atoms with van der Waals surface area (Å²) in [6.45, 7) is 9.93. The van der Waals surface area contributed by atoms with Crippen molar-refractivity contribution in [2.45, 2.75) is 71.3 Å². The number of benzene rings is 1. The molecule has 0 saturated carbocycles. The maximum absolute atomic E-state index is 11.7. The van der Waals surface area contributed by atoms with Gasteiger partial charge < -0.3 is 5.32 Å². The van der Waals surface area contributed by atoms with Crippen LogP contribution in [-0.4, -0.2) is 11.9 Å². The van der Waals surface area contributed by atoms with E-state index in [-0.39, 0.29) is 5.91 Å². The Morgan fingerprint density at radius 2 is 1.77 bits per heavy atom. The van der Waals surface area contributed by atoms with E-state index in [1.165, 1.54) is 18.4 Å². The van der Waals surface area contributed by atoms with Crippen molar-refractivity contribution in [3.05, 3.63) is 48.0 Å². The van der Waals surface area contributed by atoms with E-state index in [1.54, 1.807) is 6.92 Å². The largest absolute Gasteiger partial charge is 0.350 e. The average Bonchev–Trinajstić information content (AvgIpc) is 2.52. The first-order chi connectivity index (χ1) is 10.5. The van der Waals surface area contributed by atoms with Gasteiger partial charge in [0.25, 0.3) is 0 Å². The van der Waals surface area contributed by atoms with Crippen LogP contribution in [0.15, 0.2) is 42.5 Å². The van der Waals surface area contributed by atoms with Gasteiger partial charge in [0.1, 0.15) is 0 Å². The van der Waals surface area contributed by atoms with Gasteiger partial charge in [-0.25, -0.2) is 0 Å². The van der Waals surface area contributed by atoms with Gasteiger partial charge in [-0.3, -0.25) is 4.79 Å². The van der Waals surface area contributed by atoms with E-state index in [4.69, 9.17) is 0 Å². The number of carbonyl (C=O) groups excluding carboxylic acids is 1. The van der Waals surface area contributed by atoms with Crippen LogP contribution in [0, 0.1) is 0 Å². The van der Waals surface area contributed by atoms with E-state index in [0.717, 1.165) is 25.7 Å². The van der Waals surface area contributed by atoms with E-state index in [2.05, 4.69) is 56.1 Å². The van der Waals surface area contributed by atoms with Crippen LogP contribution in [0.3, 0.4) is 0 Å². The van der Waals surface area contributed by atoms with Crippen LogP contribution >= 0.6 is 0 Å². The molecule has 2 nitrogen and oxygen atoms in total. The molecule has 0 aliphatic carbocycles. The summed E-state index contributed by atoms with van der Waals surface area (Å²) in [7, 11) is 0. The average molecular weight is 301 g/mol. The predicted octanol–water partition coefficient (Wildman–Crippen LogP) is 5.21. The molecule has 0 fully saturated rings. The fourth-order valence-corrected chi connectivity index (χ4v) is 2.74. The molecular weight excluding hydrogens is 270 g/mol. The van der Waals surface area contributed by atoms with Crippen molar-refractivity contribution in [3.8, 4) is 0 Å². The zero-order valence-electron chi connectivity index (χ0n) is 14.4. The smallest absolute Gasteiger partial charge is 0.246 e. The Morgan fingerprint density at radius 1 is 1.14 bits per heavy atom. The van der Waals surface area contributed by atoms with E-state index in [9.17, 15) is 4.79 Å². The number of carbonyl (C=O) groups is 1. The number of hydrogen-bond acceptors (Lipinski definition) is 1. The molecule has 0 heterocycles. The lowest BCUT2D eigenvalue weighted by Gasteiger charge is -2.19. The van der Waals surface area contributed by atoms with Gasteiger partial charge in [-0.1, -0.05) is 70.0 Å². The van der Waals surface area contributed by atoms with Crippen molar-refractivity contribution in [1.82, 2.24) is 5.32 Å². The van der Waals surface area contributed by atoms with E-state index in [1.807, 2.05) is 0 Å². The first-order valence-electron chi connectivity index (χ1n) is 8.55. The molecule has 2 heteroatoms. The van der Waals surface area contributed by atoms with Crippen LogP contribution in [0.2, 0.25) is 0 Å². The standard InChI is InChI=1S/C20H31NO/c1-5-11-19(21-20(22)16(2)3)15-10-9-12-17(4)18-13-7-6-8-14-18/h6-8,13-14,17,19H,2,5,9-12,15H2,1,3-4H3,(H,21,22). The molecule has 1 rings (SSSR count). The third-order valence-electron chi connectivity index (χ3n) is 4.17. The highest BCUT2D eigenvalue weighted by molar-refractivity contribution is 5.92. The molecule has 1 aromatic rings. The zero-order chi connectivity index (χ0) is 16.4. The molecule has 22 heavy (non-hydrogen) atoms. The maximum atomic E-state index is 11.7. The maximum Gasteiger partial charge on any atom is 0.246 e. The van der Waals surface area contributed by atoms with Crippen LogP contribution in [0.1, 0.15) is 70.8 Å². The molecule has 0 aromatic heterocycles. The number of amides is 1. The zero-order valence-corrected chi connectivity index (χ0v) is 14.4. The van der Waals surface area contributed by atoms with Crippen molar-refractivity contribution in [3.63, 3.8) is 0 Å². The van der Waals surface area contributed by atoms with Gasteiger partial charge in [0.15, 0.2) is 0 Å². The highest BCUT2D eigenvalue weighted by atomic mass is 16.1. The summed E-state index contributed by atoms with van der Waals surface area (Å²) in [6.07, 6.45) is 6.79. The Bertz CT molecular complexity index is 452. The lowest BCUT2D eigenvalue weighted by atomic mass is 9.94. The van der Waals surface area contributed by atoms with Crippen molar-refractivity contribution in [1.29, 1.82) is 0 Å². The molecule has 2 unspecified atom stereocenters. The van der Waals surface area contributed by atoms with Crippen molar-refractivity contribution >= 4 is 5.91 Å². The molecule has 1 amide bonds. The van der Waals surface area contributed by atoms with Gasteiger partial charge in [0, 0.05) is 11.6 Å². The Hall–Kier alpha value is -1.57. The second-order valence-corrected chi connectivity index (χ2v) is 6.34. The quantitative estimate of drug-likeness (QED) is 0.466. The monoisotopic (exact) mass is 301 g/mol. The summed E-state index contributed by atoms with van der Waals surface area (Å²) in [6, 6.07) is 11.0. The van der Waals surface area contributed by atoms with E-state index >= 15 is 0 Å². The molecule has 0 spiro atoms. The van der Waals surface area contributed by atoms with Gasteiger partial charge in [-0.2, -0.15) is 0 Å². The minimum atomic E-state index is -0.00361. The topological polar surface area (TPSA) is 29.1 Å². The fourth-order valence-electron chi connectivity index (χ4n) is 2.74. The Balaban J connectivity index is 2.30.